The molecule has 0 aliphatic heterocycles. The van der Waals surface area contributed by atoms with E-state index in [2.05, 4.69) is 26.3 Å². The largest absolute Gasteiger partial charge is 0.363 e. The molecule has 2 heterocycles. The number of fused-ring (bicyclic) bond motifs is 1. The molecular formula is C16H13N5. The van der Waals surface area contributed by atoms with Crippen LogP contribution in [0.3, 0.4) is 0 Å². The molecule has 5 heteroatoms. The smallest absolute Gasteiger partial charge is 0.180 e. The van der Waals surface area contributed by atoms with Crippen molar-refractivity contribution in [2.75, 3.05) is 5.32 Å². The molecule has 1 unspecified atom stereocenters. The molecule has 1 atom stereocenters. The Hall–Kier alpha value is -3.00. The van der Waals surface area contributed by atoms with E-state index in [0.29, 0.717) is 11.2 Å². The molecule has 0 radical (unpaired) electrons. The standard InChI is InChI=1S/C16H13N5/c1-11(13-4-2-3-12(9-13)10-17)20-15-6-5-14-16(21-15)19-8-7-18-14/h2-9,11H,1H3,(H,19,20,21). The first-order chi connectivity index (χ1) is 10.3. The van der Waals surface area contributed by atoms with E-state index < -0.39 is 0 Å². The number of benzene rings is 1. The maximum absolute atomic E-state index is 8.95. The third-order valence-corrected chi connectivity index (χ3v) is 3.21. The Morgan fingerprint density at radius 1 is 1.14 bits per heavy atom. The van der Waals surface area contributed by atoms with Crippen LogP contribution in [-0.4, -0.2) is 15.0 Å². The van der Waals surface area contributed by atoms with Gasteiger partial charge in [-0.05, 0) is 36.8 Å². The lowest BCUT2D eigenvalue weighted by molar-refractivity contribution is 0.875. The van der Waals surface area contributed by atoms with Crippen LogP contribution in [0.5, 0.6) is 0 Å². The number of pyridine rings is 1. The van der Waals surface area contributed by atoms with Gasteiger partial charge in [-0.2, -0.15) is 5.26 Å². The summed E-state index contributed by atoms with van der Waals surface area (Å²) in [5, 5.41) is 12.3. The van der Waals surface area contributed by atoms with Gasteiger partial charge >= 0.3 is 0 Å². The second-order valence-corrected chi connectivity index (χ2v) is 4.70. The van der Waals surface area contributed by atoms with Crippen LogP contribution in [0.25, 0.3) is 11.2 Å². The number of hydrogen-bond acceptors (Lipinski definition) is 5. The highest BCUT2D eigenvalue weighted by atomic mass is 15.0. The van der Waals surface area contributed by atoms with Gasteiger partial charge in [-0.3, -0.25) is 4.98 Å². The SMILES string of the molecule is CC(Nc1ccc2nccnc2n1)c1cccc(C#N)c1. The second kappa shape index (κ2) is 5.55. The molecule has 0 spiro atoms. The molecule has 2 aromatic heterocycles. The zero-order valence-corrected chi connectivity index (χ0v) is 11.5. The van der Waals surface area contributed by atoms with Crippen molar-refractivity contribution < 1.29 is 0 Å². The molecule has 5 nitrogen and oxygen atoms in total. The molecule has 0 bridgehead atoms. The van der Waals surface area contributed by atoms with Crippen LogP contribution in [0, 0.1) is 11.3 Å². The summed E-state index contributed by atoms with van der Waals surface area (Å²) >= 11 is 0. The van der Waals surface area contributed by atoms with Gasteiger partial charge in [0, 0.05) is 18.4 Å². The fraction of sp³-hybridized carbons (Fsp3) is 0.125. The molecule has 0 aliphatic carbocycles. The van der Waals surface area contributed by atoms with Crippen LogP contribution in [0.2, 0.25) is 0 Å². The molecule has 0 saturated carbocycles. The number of nitriles is 1. The van der Waals surface area contributed by atoms with Crippen molar-refractivity contribution in [3.05, 3.63) is 59.9 Å². The average Bonchev–Trinajstić information content (AvgIpc) is 2.54. The molecule has 1 aromatic carbocycles. The number of nitrogens with zero attached hydrogens (tertiary/aromatic N) is 4. The summed E-state index contributed by atoms with van der Waals surface area (Å²) in [6.07, 6.45) is 3.27. The van der Waals surface area contributed by atoms with Gasteiger partial charge in [0.25, 0.3) is 0 Å². The van der Waals surface area contributed by atoms with E-state index in [1.807, 2.05) is 37.3 Å². The highest BCUT2D eigenvalue weighted by molar-refractivity contribution is 5.71. The number of rotatable bonds is 3. The van der Waals surface area contributed by atoms with Gasteiger partial charge in [0.1, 0.15) is 11.3 Å². The van der Waals surface area contributed by atoms with Crippen LogP contribution in [0.1, 0.15) is 24.1 Å². The first kappa shape index (κ1) is 13.0. The Labute approximate surface area is 122 Å². The molecule has 102 valence electrons. The molecule has 1 N–H and O–H groups in total. The monoisotopic (exact) mass is 275 g/mol. The van der Waals surface area contributed by atoms with Crippen molar-refractivity contribution in [1.29, 1.82) is 5.26 Å². The van der Waals surface area contributed by atoms with Crippen molar-refractivity contribution in [3.8, 4) is 6.07 Å². The lowest BCUT2D eigenvalue weighted by atomic mass is 10.1. The number of aromatic nitrogens is 3. The highest BCUT2D eigenvalue weighted by Crippen LogP contribution is 2.19. The van der Waals surface area contributed by atoms with Gasteiger partial charge in [0.2, 0.25) is 0 Å². The third kappa shape index (κ3) is 2.79. The van der Waals surface area contributed by atoms with E-state index in [0.717, 1.165) is 16.9 Å². The quantitative estimate of drug-likeness (QED) is 0.795. The summed E-state index contributed by atoms with van der Waals surface area (Å²) in [5.74, 6) is 0.734. The van der Waals surface area contributed by atoms with E-state index in [4.69, 9.17) is 5.26 Å². The Morgan fingerprint density at radius 2 is 2.00 bits per heavy atom. The Bertz CT molecular complexity index is 822. The summed E-state index contributed by atoms with van der Waals surface area (Å²) in [5.41, 5.74) is 3.07. The van der Waals surface area contributed by atoms with Gasteiger partial charge in [-0.15, -0.1) is 0 Å². The van der Waals surface area contributed by atoms with Crippen molar-refractivity contribution in [2.24, 2.45) is 0 Å². The van der Waals surface area contributed by atoms with E-state index in [1.54, 1.807) is 18.5 Å². The van der Waals surface area contributed by atoms with Crippen LogP contribution >= 0.6 is 0 Å². The molecule has 0 saturated heterocycles. The average molecular weight is 275 g/mol. The predicted octanol–water partition coefficient (Wildman–Crippen LogP) is 3.07. The molecule has 3 aromatic rings. The van der Waals surface area contributed by atoms with Crippen molar-refractivity contribution >= 4 is 17.0 Å². The topological polar surface area (TPSA) is 74.5 Å². The molecule has 0 aliphatic rings. The van der Waals surface area contributed by atoms with E-state index >= 15 is 0 Å². The molecule has 3 rings (SSSR count). The van der Waals surface area contributed by atoms with E-state index in [9.17, 15) is 0 Å². The van der Waals surface area contributed by atoms with E-state index in [1.165, 1.54) is 0 Å². The molecule has 0 fully saturated rings. The summed E-state index contributed by atoms with van der Waals surface area (Å²) in [4.78, 5) is 12.8. The fourth-order valence-corrected chi connectivity index (χ4v) is 2.12. The zero-order chi connectivity index (χ0) is 14.7. The lowest BCUT2D eigenvalue weighted by Crippen LogP contribution is -2.08. The van der Waals surface area contributed by atoms with Crippen molar-refractivity contribution in [1.82, 2.24) is 15.0 Å². The number of anilines is 1. The molecule has 21 heavy (non-hydrogen) atoms. The van der Waals surface area contributed by atoms with Crippen LogP contribution < -0.4 is 5.32 Å². The van der Waals surface area contributed by atoms with Crippen LogP contribution in [0.15, 0.2) is 48.8 Å². The molecule has 0 amide bonds. The number of hydrogen-bond donors (Lipinski definition) is 1. The van der Waals surface area contributed by atoms with Gasteiger partial charge < -0.3 is 5.32 Å². The first-order valence-corrected chi connectivity index (χ1v) is 6.60. The van der Waals surface area contributed by atoms with Gasteiger partial charge in [-0.1, -0.05) is 12.1 Å². The van der Waals surface area contributed by atoms with E-state index in [-0.39, 0.29) is 6.04 Å². The maximum Gasteiger partial charge on any atom is 0.180 e. The predicted molar refractivity (Wildman–Crippen MR) is 80.5 cm³/mol. The Morgan fingerprint density at radius 3 is 2.86 bits per heavy atom. The highest BCUT2D eigenvalue weighted by Gasteiger charge is 2.07. The van der Waals surface area contributed by atoms with Gasteiger partial charge in [0.05, 0.1) is 11.6 Å². The summed E-state index contributed by atoms with van der Waals surface area (Å²) < 4.78 is 0. The fourth-order valence-electron chi connectivity index (χ4n) is 2.12. The number of nitrogens with one attached hydrogen (secondary N) is 1. The van der Waals surface area contributed by atoms with Crippen LogP contribution in [0.4, 0.5) is 5.82 Å². The third-order valence-electron chi connectivity index (χ3n) is 3.21. The summed E-state index contributed by atoms with van der Waals surface area (Å²) in [6, 6.07) is 13.5. The maximum atomic E-state index is 8.95. The van der Waals surface area contributed by atoms with Crippen molar-refractivity contribution in [2.45, 2.75) is 13.0 Å². The second-order valence-electron chi connectivity index (χ2n) is 4.70. The van der Waals surface area contributed by atoms with Gasteiger partial charge in [-0.25, -0.2) is 9.97 Å². The Kier molecular flexibility index (Phi) is 3.44. The minimum atomic E-state index is 0.0416. The minimum absolute atomic E-state index is 0.0416. The normalized spacial score (nSPS) is 11.8. The van der Waals surface area contributed by atoms with Gasteiger partial charge in [0.15, 0.2) is 5.65 Å². The Balaban J connectivity index is 1.85. The van der Waals surface area contributed by atoms with Crippen LogP contribution in [-0.2, 0) is 0 Å². The lowest BCUT2D eigenvalue weighted by Gasteiger charge is -2.15. The molecular weight excluding hydrogens is 262 g/mol. The van der Waals surface area contributed by atoms with Crippen molar-refractivity contribution in [3.63, 3.8) is 0 Å². The summed E-state index contributed by atoms with van der Waals surface area (Å²) in [6.45, 7) is 2.03. The zero-order valence-electron chi connectivity index (χ0n) is 11.5. The first-order valence-electron chi connectivity index (χ1n) is 6.60. The minimum Gasteiger partial charge on any atom is -0.363 e. The summed E-state index contributed by atoms with van der Waals surface area (Å²) in [7, 11) is 0.